The lowest BCUT2D eigenvalue weighted by molar-refractivity contribution is -0.131. The van der Waals surface area contributed by atoms with E-state index in [1.807, 2.05) is 13.8 Å². The van der Waals surface area contributed by atoms with Gasteiger partial charge in [-0.05, 0) is 26.0 Å². The maximum Gasteiger partial charge on any atom is 0.270 e. The number of nitrogens with one attached hydrogen (secondary N) is 1. The number of nitrogens with zero attached hydrogens (tertiary/aromatic N) is 1. The van der Waals surface area contributed by atoms with Crippen molar-refractivity contribution < 1.29 is 14.3 Å². The summed E-state index contributed by atoms with van der Waals surface area (Å²) in [4.78, 5) is 15.7. The van der Waals surface area contributed by atoms with Gasteiger partial charge in [0.2, 0.25) is 0 Å². The molecular weight excluding hydrogens is 256 g/mol. The topological polar surface area (TPSA) is 60.5 Å². The Morgan fingerprint density at radius 1 is 1.39 bits per heavy atom. The van der Waals surface area contributed by atoms with Gasteiger partial charge in [0.1, 0.15) is 10.8 Å². The Labute approximate surface area is 111 Å². The van der Waals surface area contributed by atoms with Crippen molar-refractivity contribution in [2.75, 3.05) is 19.8 Å². The molecule has 0 spiro atoms. The van der Waals surface area contributed by atoms with Gasteiger partial charge >= 0.3 is 0 Å². The van der Waals surface area contributed by atoms with Crippen LogP contribution in [-0.4, -0.2) is 36.9 Å². The molecular formula is C12H17ClN2O3. The van der Waals surface area contributed by atoms with Crippen LogP contribution >= 0.6 is 11.6 Å². The molecule has 1 heterocycles. The Hall–Kier alpha value is -1.17. The van der Waals surface area contributed by atoms with E-state index in [2.05, 4.69) is 10.3 Å². The minimum Gasteiger partial charge on any atom is -0.351 e. The predicted molar refractivity (Wildman–Crippen MR) is 68.6 cm³/mol. The van der Waals surface area contributed by atoms with E-state index in [4.69, 9.17) is 21.1 Å². The average Bonchev–Trinajstić information content (AvgIpc) is 2.36. The molecule has 18 heavy (non-hydrogen) atoms. The summed E-state index contributed by atoms with van der Waals surface area (Å²) >= 11 is 5.71. The second-order valence-electron chi connectivity index (χ2n) is 3.40. The third kappa shape index (κ3) is 5.00. The molecule has 0 aliphatic rings. The summed E-state index contributed by atoms with van der Waals surface area (Å²) in [5, 5.41) is 2.97. The van der Waals surface area contributed by atoms with Crippen LogP contribution in [0.2, 0.25) is 5.15 Å². The van der Waals surface area contributed by atoms with Crippen LogP contribution in [0.25, 0.3) is 0 Å². The molecule has 1 amide bonds. The van der Waals surface area contributed by atoms with E-state index in [0.29, 0.717) is 13.2 Å². The first kappa shape index (κ1) is 14.9. The molecule has 0 unspecified atom stereocenters. The molecule has 6 heteroatoms. The fourth-order valence-corrected chi connectivity index (χ4v) is 1.50. The van der Waals surface area contributed by atoms with E-state index in [-0.39, 0.29) is 23.3 Å². The van der Waals surface area contributed by atoms with Gasteiger partial charge in [0, 0.05) is 13.2 Å². The van der Waals surface area contributed by atoms with E-state index >= 15 is 0 Å². The monoisotopic (exact) mass is 272 g/mol. The summed E-state index contributed by atoms with van der Waals surface area (Å²) in [5.74, 6) is -0.304. The Morgan fingerprint density at radius 2 is 2.06 bits per heavy atom. The number of ether oxygens (including phenoxy) is 2. The Morgan fingerprint density at radius 3 is 2.61 bits per heavy atom. The molecule has 0 saturated carbocycles. The number of halogens is 1. The quantitative estimate of drug-likeness (QED) is 0.608. The van der Waals surface area contributed by atoms with Gasteiger partial charge in [-0.15, -0.1) is 0 Å². The van der Waals surface area contributed by atoms with Crippen molar-refractivity contribution in [2.24, 2.45) is 0 Å². The van der Waals surface area contributed by atoms with Gasteiger partial charge in [-0.25, -0.2) is 4.98 Å². The van der Waals surface area contributed by atoms with Crippen molar-refractivity contribution in [2.45, 2.75) is 20.1 Å². The third-order valence-electron chi connectivity index (χ3n) is 2.08. The lowest BCUT2D eigenvalue weighted by atomic mass is 10.3. The molecule has 1 aromatic rings. The molecule has 0 saturated heterocycles. The Balaban J connectivity index is 2.49. The van der Waals surface area contributed by atoms with Gasteiger partial charge in [0.05, 0.1) is 6.54 Å². The standard InChI is InChI=1S/C12H17ClN2O3/c1-3-17-11(18-4-2)8-14-12(16)9-6-5-7-10(13)15-9/h5-7,11H,3-4,8H2,1-2H3,(H,14,16). The summed E-state index contributed by atoms with van der Waals surface area (Å²) in [6.45, 7) is 5.05. The van der Waals surface area contributed by atoms with Gasteiger partial charge in [-0.1, -0.05) is 17.7 Å². The van der Waals surface area contributed by atoms with E-state index in [1.165, 1.54) is 0 Å². The van der Waals surface area contributed by atoms with Crippen molar-refractivity contribution in [1.29, 1.82) is 0 Å². The molecule has 1 N–H and O–H groups in total. The van der Waals surface area contributed by atoms with E-state index in [9.17, 15) is 4.79 Å². The van der Waals surface area contributed by atoms with E-state index in [1.54, 1.807) is 18.2 Å². The fourth-order valence-electron chi connectivity index (χ4n) is 1.34. The maximum absolute atomic E-state index is 11.8. The number of aromatic nitrogens is 1. The normalized spacial score (nSPS) is 10.7. The summed E-state index contributed by atoms with van der Waals surface area (Å²) in [6.07, 6.45) is -0.442. The summed E-state index contributed by atoms with van der Waals surface area (Å²) in [5.41, 5.74) is 0.272. The van der Waals surface area contributed by atoms with Gasteiger partial charge in [0.15, 0.2) is 6.29 Å². The lowest BCUT2D eigenvalue weighted by Gasteiger charge is -2.17. The van der Waals surface area contributed by atoms with E-state index < -0.39 is 6.29 Å². The number of carbonyl (C=O) groups is 1. The first-order chi connectivity index (χ1) is 8.67. The maximum atomic E-state index is 11.8. The zero-order chi connectivity index (χ0) is 13.4. The second kappa shape index (κ2) is 8.02. The fraction of sp³-hybridized carbons (Fsp3) is 0.500. The van der Waals surface area contributed by atoms with Crippen molar-refractivity contribution in [3.05, 3.63) is 29.0 Å². The van der Waals surface area contributed by atoms with Gasteiger partial charge in [0.25, 0.3) is 5.91 Å². The van der Waals surface area contributed by atoms with Gasteiger partial charge in [-0.3, -0.25) is 4.79 Å². The minimum atomic E-state index is -0.442. The minimum absolute atomic E-state index is 0.272. The van der Waals surface area contributed by atoms with Crippen molar-refractivity contribution >= 4 is 17.5 Å². The van der Waals surface area contributed by atoms with Crippen LogP contribution in [0.5, 0.6) is 0 Å². The molecule has 5 nitrogen and oxygen atoms in total. The highest BCUT2D eigenvalue weighted by atomic mass is 35.5. The van der Waals surface area contributed by atoms with Crippen LogP contribution in [0.1, 0.15) is 24.3 Å². The summed E-state index contributed by atoms with van der Waals surface area (Å²) in [6, 6.07) is 4.88. The molecule has 1 aromatic heterocycles. The average molecular weight is 273 g/mol. The first-order valence-electron chi connectivity index (χ1n) is 5.81. The summed E-state index contributed by atoms with van der Waals surface area (Å²) < 4.78 is 10.6. The molecule has 0 radical (unpaired) electrons. The molecule has 0 aliphatic carbocycles. The van der Waals surface area contributed by atoms with Crippen molar-refractivity contribution in [1.82, 2.24) is 10.3 Å². The smallest absolute Gasteiger partial charge is 0.270 e. The third-order valence-corrected chi connectivity index (χ3v) is 2.29. The molecule has 0 atom stereocenters. The Bertz CT molecular complexity index is 381. The van der Waals surface area contributed by atoms with Crippen molar-refractivity contribution in [3.8, 4) is 0 Å². The highest BCUT2D eigenvalue weighted by Crippen LogP contribution is 2.05. The van der Waals surface area contributed by atoms with Crippen LogP contribution in [0.15, 0.2) is 18.2 Å². The molecule has 0 bridgehead atoms. The van der Waals surface area contributed by atoms with Crippen LogP contribution in [0.3, 0.4) is 0 Å². The number of hydrogen-bond acceptors (Lipinski definition) is 4. The zero-order valence-electron chi connectivity index (χ0n) is 10.5. The number of pyridine rings is 1. The number of hydrogen-bond donors (Lipinski definition) is 1. The number of carbonyl (C=O) groups excluding carboxylic acids is 1. The largest absolute Gasteiger partial charge is 0.351 e. The molecule has 100 valence electrons. The van der Waals surface area contributed by atoms with Crippen LogP contribution in [0, 0.1) is 0 Å². The van der Waals surface area contributed by atoms with Crippen LogP contribution < -0.4 is 5.32 Å². The second-order valence-corrected chi connectivity index (χ2v) is 3.78. The number of rotatable bonds is 7. The Kier molecular flexibility index (Phi) is 6.64. The zero-order valence-corrected chi connectivity index (χ0v) is 11.2. The first-order valence-corrected chi connectivity index (χ1v) is 6.19. The number of amides is 1. The predicted octanol–water partition coefficient (Wildman–Crippen LogP) is 1.86. The van der Waals surface area contributed by atoms with Gasteiger partial charge < -0.3 is 14.8 Å². The SMILES string of the molecule is CCOC(CNC(=O)c1cccc(Cl)n1)OCC. The van der Waals surface area contributed by atoms with E-state index in [0.717, 1.165) is 0 Å². The molecule has 0 fully saturated rings. The van der Waals surface area contributed by atoms with Crippen LogP contribution in [0.4, 0.5) is 0 Å². The van der Waals surface area contributed by atoms with Crippen molar-refractivity contribution in [3.63, 3.8) is 0 Å². The lowest BCUT2D eigenvalue weighted by Crippen LogP contribution is -2.35. The highest BCUT2D eigenvalue weighted by Gasteiger charge is 2.12. The van der Waals surface area contributed by atoms with Gasteiger partial charge in [-0.2, -0.15) is 0 Å². The molecule has 1 rings (SSSR count). The summed E-state index contributed by atoms with van der Waals surface area (Å²) in [7, 11) is 0. The molecule has 0 aliphatic heterocycles. The molecule has 0 aromatic carbocycles. The van der Waals surface area contributed by atoms with Crippen LogP contribution in [-0.2, 0) is 9.47 Å². The highest BCUT2D eigenvalue weighted by molar-refractivity contribution is 6.29.